The van der Waals surface area contributed by atoms with Crippen molar-refractivity contribution in [3.63, 3.8) is 0 Å². The van der Waals surface area contributed by atoms with Crippen molar-refractivity contribution in [2.45, 2.75) is 38.5 Å². The predicted molar refractivity (Wildman–Crippen MR) is 137 cm³/mol. The van der Waals surface area contributed by atoms with Crippen molar-refractivity contribution in [1.29, 1.82) is 0 Å². The molecule has 188 valence electrons. The molecule has 2 saturated heterocycles. The fourth-order valence-electron chi connectivity index (χ4n) is 4.71. The van der Waals surface area contributed by atoms with Crippen LogP contribution in [0.4, 0.5) is 0 Å². The van der Waals surface area contributed by atoms with E-state index in [0.29, 0.717) is 54.8 Å². The van der Waals surface area contributed by atoms with E-state index in [1.54, 1.807) is 36.4 Å². The van der Waals surface area contributed by atoms with Crippen molar-refractivity contribution >= 4 is 35.0 Å². The smallest absolute Gasteiger partial charge is 0.260 e. The van der Waals surface area contributed by atoms with E-state index in [1.165, 1.54) is 6.42 Å². The van der Waals surface area contributed by atoms with E-state index in [0.717, 1.165) is 31.7 Å². The highest BCUT2D eigenvalue weighted by molar-refractivity contribution is 6.30. The molecule has 0 aromatic heterocycles. The molecule has 2 aliphatic rings. The Bertz CT molecular complexity index is 983. The van der Waals surface area contributed by atoms with E-state index in [4.69, 9.17) is 32.7 Å². The molecule has 0 radical (unpaired) electrons. The van der Waals surface area contributed by atoms with Gasteiger partial charge in [0.2, 0.25) is 5.91 Å². The zero-order chi connectivity index (χ0) is 24.7. The molecule has 0 spiro atoms. The fraction of sp³-hybridized carbons (Fsp3) is 0.481. The van der Waals surface area contributed by atoms with Crippen molar-refractivity contribution in [1.82, 2.24) is 9.80 Å². The number of benzene rings is 2. The van der Waals surface area contributed by atoms with Crippen LogP contribution in [0.2, 0.25) is 10.0 Å². The molecule has 0 unspecified atom stereocenters. The molecule has 0 atom stereocenters. The highest BCUT2D eigenvalue weighted by atomic mass is 35.5. The number of hydrogen-bond donors (Lipinski definition) is 0. The molecule has 4 rings (SSSR count). The summed E-state index contributed by atoms with van der Waals surface area (Å²) >= 11 is 11.9. The fourth-order valence-corrected chi connectivity index (χ4v) is 4.96. The Hall–Kier alpha value is -2.44. The monoisotopic (exact) mass is 518 g/mol. The van der Waals surface area contributed by atoms with Crippen LogP contribution in [-0.4, -0.2) is 61.0 Å². The average Bonchev–Trinajstić information content (AvgIpc) is 2.89. The van der Waals surface area contributed by atoms with E-state index >= 15 is 0 Å². The normalized spacial score (nSPS) is 17.7. The Labute approximate surface area is 217 Å². The second kappa shape index (κ2) is 12.0. The van der Waals surface area contributed by atoms with Crippen LogP contribution < -0.4 is 9.47 Å². The van der Waals surface area contributed by atoms with E-state index in [1.807, 2.05) is 21.9 Å². The van der Waals surface area contributed by atoms with Crippen LogP contribution in [0.25, 0.3) is 0 Å². The quantitative estimate of drug-likeness (QED) is 0.465. The Balaban J connectivity index is 1.36. The Morgan fingerprint density at radius 1 is 0.714 bits per heavy atom. The van der Waals surface area contributed by atoms with Crippen molar-refractivity contribution in [3.05, 3.63) is 58.6 Å². The van der Waals surface area contributed by atoms with Gasteiger partial charge in [-0.05, 0) is 80.6 Å². The van der Waals surface area contributed by atoms with Gasteiger partial charge in [0.15, 0.2) is 6.61 Å². The summed E-state index contributed by atoms with van der Waals surface area (Å²) in [5, 5.41) is 1.27. The van der Waals surface area contributed by atoms with Crippen LogP contribution in [0.5, 0.6) is 11.5 Å². The lowest BCUT2D eigenvalue weighted by molar-refractivity contribution is -0.139. The number of ether oxygens (including phenoxy) is 2. The van der Waals surface area contributed by atoms with Gasteiger partial charge in [-0.3, -0.25) is 9.59 Å². The Morgan fingerprint density at radius 3 is 1.80 bits per heavy atom. The number of rotatable bonds is 8. The van der Waals surface area contributed by atoms with Gasteiger partial charge in [0.1, 0.15) is 11.5 Å². The largest absolute Gasteiger partial charge is 0.493 e. The molecule has 2 fully saturated rings. The first-order valence-electron chi connectivity index (χ1n) is 12.2. The third kappa shape index (κ3) is 7.28. The summed E-state index contributed by atoms with van der Waals surface area (Å²) in [7, 11) is 0. The zero-order valence-electron chi connectivity index (χ0n) is 19.9. The summed E-state index contributed by atoms with van der Waals surface area (Å²) in [5.41, 5.74) is -0.317. The lowest BCUT2D eigenvalue weighted by Crippen LogP contribution is -2.49. The molecule has 0 aliphatic carbocycles. The molecule has 2 amide bonds. The van der Waals surface area contributed by atoms with E-state index < -0.39 is 0 Å². The number of piperidine rings is 2. The number of halogens is 2. The van der Waals surface area contributed by atoms with Crippen molar-refractivity contribution < 1.29 is 19.1 Å². The van der Waals surface area contributed by atoms with Crippen molar-refractivity contribution in [2.24, 2.45) is 5.41 Å². The minimum absolute atomic E-state index is 0.0252. The molecule has 0 bridgehead atoms. The molecule has 35 heavy (non-hydrogen) atoms. The summed E-state index contributed by atoms with van der Waals surface area (Å²) in [6.07, 6.45) is 5.15. The standard InChI is InChI=1S/C27H32Cl2N2O4/c28-21-4-8-23(9-5-21)34-19-26(33)31-16-12-27(13-17-31,18-25(32)30-14-2-1-3-15-30)20-35-24-10-6-22(29)7-11-24/h4-11H,1-3,12-20H2. The van der Waals surface area contributed by atoms with E-state index in [-0.39, 0.29) is 23.8 Å². The molecule has 2 aliphatic heterocycles. The first-order chi connectivity index (χ1) is 16.9. The molecule has 2 heterocycles. The third-order valence-corrected chi connectivity index (χ3v) is 7.45. The van der Waals surface area contributed by atoms with Crippen LogP contribution in [0.3, 0.4) is 0 Å². The zero-order valence-corrected chi connectivity index (χ0v) is 21.4. The third-order valence-electron chi connectivity index (χ3n) is 6.95. The van der Waals surface area contributed by atoms with Gasteiger partial charge < -0.3 is 19.3 Å². The summed E-state index contributed by atoms with van der Waals surface area (Å²) in [5.74, 6) is 1.47. The number of amides is 2. The minimum Gasteiger partial charge on any atom is -0.493 e. The van der Waals surface area contributed by atoms with Gasteiger partial charge in [-0.1, -0.05) is 23.2 Å². The first kappa shape index (κ1) is 25.6. The van der Waals surface area contributed by atoms with Crippen molar-refractivity contribution in [2.75, 3.05) is 39.4 Å². The maximum atomic E-state index is 13.2. The van der Waals surface area contributed by atoms with Crippen molar-refractivity contribution in [3.8, 4) is 11.5 Å². The number of likely N-dealkylation sites (tertiary alicyclic amines) is 2. The van der Waals surface area contributed by atoms with Crippen LogP contribution in [0, 0.1) is 5.41 Å². The number of carbonyl (C=O) groups is 2. The van der Waals surface area contributed by atoms with Gasteiger partial charge in [0, 0.05) is 48.1 Å². The maximum Gasteiger partial charge on any atom is 0.260 e. The van der Waals surface area contributed by atoms with Gasteiger partial charge in [-0.25, -0.2) is 0 Å². The van der Waals surface area contributed by atoms with Gasteiger partial charge >= 0.3 is 0 Å². The predicted octanol–water partition coefficient (Wildman–Crippen LogP) is 5.46. The highest BCUT2D eigenvalue weighted by Crippen LogP contribution is 2.37. The second-order valence-electron chi connectivity index (χ2n) is 9.48. The number of hydrogen-bond acceptors (Lipinski definition) is 4. The Kier molecular flexibility index (Phi) is 8.79. The van der Waals surface area contributed by atoms with Crippen LogP contribution in [0.15, 0.2) is 48.5 Å². The summed E-state index contributed by atoms with van der Waals surface area (Å²) in [6, 6.07) is 14.2. The molecule has 2 aromatic rings. The van der Waals surface area contributed by atoms with Crippen LogP contribution in [0.1, 0.15) is 38.5 Å². The van der Waals surface area contributed by atoms with E-state index in [9.17, 15) is 9.59 Å². The molecular weight excluding hydrogens is 487 g/mol. The van der Waals surface area contributed by atoms with Gasteiger partial charge in [-0.2, -0.15) is 0 Å². The molecule has 2 aromatic carbocycles. The summed E-state index contributed by atoms with van der Waals surface area (Å²) in [4.78, 5) is 29.8. The second-order valence-corrected chi connectivity index (χ2v) is 10.4. The summed E-state index contributed by atoms with van der Waals surface area (Å²) in [6.45, 7) is 3.21. The Morgan fingerprint density at radius 2 is 1.23 bits per heavy atom. The molecule has 0 N–H and O–H groups in total. The summed E-state index contributed by atoms with van der Waals surface area (Å²) < 4.78 is 11.8. The molecule has 0 saturated carbocycles. The van der Waals surface area contributed by atoms with Crippen LogP contribution >= 0.6 is 23.2 Å². The van der Waals surface area contributed by atoms with Crippen LogP contribution in [-0.2, 0) is 9.59 Å². The lowest BCUT2D eigenvalue weighted by atomic mass is 9.75. The molecular formula is C27H32Cl2N2O4. The SMILES string of the molecule is O=C(COc1ccc(Cl)cc1)N1CCC(COc2ccc(Cl)cc2)(CC(=O)N2CCCCC2)CC1. The maximum absolute atomic E-state index is 13.2. The van der Waals surface area contributed by atoms with Gasteiger partial charge in [-0.15, -0.1) is 0 Å². The lowest BCUT2D eigenvalue weighted by Gasteiger charge is -2.42. The van der Waals surface area contributed by atoms with E-state index in [2.05, 4.69) is 0 Å². The minimum atomic E-state index is -0.317. The first-order valence-corrected chi connectivity index (χ1v) is 13.0. The topological polar surface area (TPSA) is 59.1 Å². The number of carbonyl (C=O) groups excluding carboxylic acids is 2. The van der Waals surface area contributed by atoms with Gasteiger partial charge in [0.05, 0.1) is 6.61 Å². The van der Waals surface area contributed by atoms with Gasteiger partial charge in [0.25, 0.3) is 5.91 Å². The highest BCUT2D eigenvalue weighted by Gasteiger charge is 2.40. The molecule has 6 nitrogen and oxygen atoms in total. The molecule has 8 heteroatoms. The average molecular weight is 519 g/mol. The number of nitrogens with zero attached hydrogens (tertiary/aromatic N) is 2.